The Bertz CT molecular complexity index is 197. The summed E-state index contributed by atoms with van der Waals surface area (Å²) in [6.45, 7) is 0. The standard InChI is InChI=1S/C6H5Cl5F2/c7-4(8)3(12)1-2-6(11,13)5(9)10/h5H,1-2H2. The number of hydrogen-bond donors (Lipinski definition) is 0. The van der Waals surface area contributed by atoms with E-state index < -0.39 is 26.7 Å². The van der Waals surface area contributed by atoms with Crippen LogP contribution in [-0.2, 0) is 0 Å². The molecule has 0 heterocycles. The molecule has 0 saturated heterocycles. The topological polar surface area (TPSA) is 0 Å². The predicted octanol–water partition coefficient (Wildman–Crippen LogP) is 5.09. The van der Waals surface area contributed by atoms with E-state index >= 15 is 0 Å². The highest BCUT2D eigenvalue weighted by molar-refractivity contribution is 6.56. The Morgan fingerprint density at radius 3 is 2.08 bits per heavy atom. The molecule has 0 aliphatic carbocycles. The Balaban J connectivity index is 4.11. The van der Waals surface area contributed by atoms with E-state index in [1.807, 2.05) is 0 Å². The van der Waals surface area contributed by atoms with Gasteiger partial charge in [0.05, 0.1) is 0 Å². The highest BCUT2D eigenvalue weighted by Gasteiger charge is 2.34. The van der Waals surface area contributed by atoms with Crippen molar-refractivity contribution in [1.29, 1.82) is 0 Å². The summed E-state index contributed by atoms with van der Waals surface area (Å²) in [4.78, 5) is -1.43. The van der Waals surface area contributed by atoms with Crippen molar-refractivity contribution >= 4 is 58.0 Å². The molecule has 0 N–H and O–H groups in total. The zero-order chi connectivity index (χ0) is 10.6. The van der Waals surface area contributed by atoms with E-state index in [1.54, 1.807) is 0 Å². The highest BCUT2D eigenvalue weighted by atomic mass is 35.5. The molecule has 0 nitrogen and oxygen atoms in total. The van der Waals surface area contributed by atoms with E-state index in [0.717, 1.165) is 0 Å². The lowest BCUT2D eigenvalue weighted by atomic mass is 10.2. The molecule has 0 aliphatic rings. The van der Waals surface area contributed by atoms with Crippen LogP contribution < -0.4 is 0 Å². The van der Waals surface area contributed by atoms with Gasteiger partial charge in [0.1, 0.15) is 10.3 Å². The van der Waals surface area contributed by atoms with Crippen LogP contribution in [0.1, 0.15) is 12.8 Å². The van der Waals surface area contributed by atoms with Crippen molar-refractivity contribution in [2.24, 2.45) is 0 Å². The highest BCUT2D eigenvalue weighted by Crippen LogP contribution is 2.35. The first kappa shape index (κ1) is 14.1. The van der Waals surface area contributed by atoms with Gasteiger partial charge in [0.25, 0.3) is 0 Å². The summed E-state index contributed by atoms with van der Waals surface area (Å²) >= 11 is 25.7. The lowest BCUT2D eigenvalue weighted by Crippen LogP contribution is -2.23. The first-order chi connectivity index (χ1) is 5.77. The fraction of sp³-hybridized carbons (Fsp3) is 0.667. The van der Waals surface area contributed by atoms with Gasteiger partial charge in [-0.2, -0.15) is 0 Å². The summed E-state index contributed by atoms with van der Waals surface area (Å²) in [6.07, 6.45) is -0.751. The van der Waals surface area contributed by atoms with Gasteiger partial charge in [-0.25, -0.2) is 8.78 Å². The van der Waals surface area contributed by atoms with E-state index in [1.165, 1.54) is 0 Å². The summed E-state index contributed by atoms with van der Waals surface area (Å²) < 4.78 is 25.1. The van der Waals surface area contributed by atoms with E-state index in [-0.39, 0.29) is 6.42 Å². The predicted molar refractivity (Wildman–Crippen MR) is 54.3 cm³/mol. The zero-order valence-electron chi connectivity index (χ0n) is 6.14. The molecule has 0 aliphatic heterocycles. The normalized spacial score (nSPS) is 15.7. The van der Waals surface area contributed by atoms with Gasteiger partial charge in [-0.15, -0.1) is 23.2 Å². The van der Waals surface area contributed by atoms with Crippen LogP contribution in [-0.4, -0.2) is 9.96 Å². The van der Waals surface area contributed by atoms with Crippen LogP contribution >= 0.6 is 58.0 Å². The molecule has 0 aromatic carbocycles. The lowest BCUT2D eigenvalue weighted by molar-refractivity contribution is 0.273. The fourth-order valence-electron chi connectivity index (χ4n) is 0.480. The van der Waals surface area contributed by atoms with E-state index in [4.69, 9.17) is 58.0 Å². The van der Waals surface area contributed by atoms with Crippen molar-refractivity contribution in [2.45, 2.75) is 22.8 Å². The molecule has 0 bridgehead atoms. The van der Waals surface area contributed by atoms with Gasteiger partial charge in [0.15, 0.2) is 4.84 Å². The molecule has 0 aromatic rings. The molecule has 0 amide bonds. The number of rotatable bonds is 4. The van der Waals surface area contributed by atoms with Crippen LogP contribution in [0.5, 0.6) is 0 Å². The van der Waals surface area contributed by atoms with Crippen molar-refractivity contribution in [3.05, 3.63) is 10.3 Å². The molecule has 1 atom stereocenters. The number of hydrogen-bond acceptors (Lipinski definition) is 0. The Hall–Kier alpha value is 1.05. The number of allylic oxidation sites excluding steroid dienone is 1. The third-order valence-corrected chi connectivity index (χ3v) is 2.93. The SMILES string of the molecule is FC(CCC(F)(Cl)C(Cl)Cl)=C(Cl)Cl. The molecule has 0 spiro atoms. The molecule has 1 unspecified atom stereocenters. The maximum absolute atomic E-state index is 13.1. The van der Waals surface area contributed by atoms with Gasteiger partial charge < -0.3 is 0 Å². The van der Waals surface area contributed by atoms with Crippen LogP contribution in [0.15, 0.2) is 10.3 Å². The second kappa shape index (κ2) is 5.82. The number of alkyl halides is 4. The van der Waals surface area contributed by atoms with Gasteiger partial charge in [0, 0.05) is 12.8 Å². The van der Waals surface area contributed by atoms with Crippen LogP contribution in [0, 0.1) is 0 Å². The van der Waals surface area contributed by atoms with Gasteiger partial charge in [-0.1, -0.05) is 34.8 Å². The molecule has 78 valence electrons. The van der Waals surface area contributed by atoms with E-state index in [0.29, 0.717) is 0 Å². The van der Waals surface area contributed by atoms with Crippen LogP contribution in [0.25, 0.3) is 0 Å². The minimum absolute atomic E-state index is 0.349. The Labute approximate surface area is 99.7 Å². The van der Waals surface area contributed by atoms with Gasteiger partial charge in [0.2, 0.25) is 5.13 Å². The molecule has 7 heteroatoms. The van der Waals surface area contributed by atoms with Crippen molar-refractivity contribution in [3.8, 4) is 0 Å². The third kappa shape index (κ3) is 5.48. The second-order valence-electron chi connectivity index (χ2n) is 2.23. The molecule has 0 rings (SSSR count). The van der Waals surface area contributed by atoms with Gasteiger partial charge >= 0.3 is 0 Å². The first-order valence-electron chi connectivity index (χ1n) is 3.13. The van der Waals surface area contributed by atoms with E-state index in [9.17, 15) is 8.78 Å². The fourth-order valence-corrected chi connectivity index (χ4v) is 0.982. The maximum Gasteiger partial charge on any atom is 0.213 e. The smallest absolute Gasteiger partial charge is 0.213 e. The van der Waals surface area contributed by atoms with E-state index in [2.05, 4.69) is 0 Å². The summed E-state index contributed by atoms with van der Waals surface area (Å²) in [6, 6.07) is 0. The summed E-state index contributed by atoms with van der Waals surface area (Å²) in [7, 11) is 0. The molecular weight excluding hydrogens is 287 g/mol. The Morgan fingerprint density at radius 2 is 1.77 bits per heavy atom. The summed E-state index contributed by atoms with van der Waals surface area (Å²) in [5.41, 5.74) is 0. The van der Waals surface area contributed by atoms with Gasteiger partial charge in [-0.05, 0) is 0 Å². The average Bonchev–Trinajstić information content (AvgIpc) is 1.99. The van der Waals surface area contributed by atoms with Crippen molar-refractivity contribution in [2.75, 3.05) is 0 Å². The first-order valence-corrected chi connectivity index (χ1v) is 5.13. The van der Waals surface area contributed by atoms with Crippen LogP contribution in [0.4, 0.5) is 8.78 Å². The Morgan fingerprint density at radius 1 is 1.31 bits per heavy atom. The van der Waals surface area contributed by atoms with Crippen molar-refractivity contribution in [3.63, 3.8) is 0 Å². The minimum Gasteiger partial charge on any atom is -0.223 e. The largest absolute Gasteiger partial charge is 0.223 e. The molecular formula is C6H5Cl5F2. The molecule has 0 radical (unpaired) electrons. The zero-order valence-corrected chi connectivity index (χ0v) is 9.92. The summed E-state index contributed by atoms with van der Waals surface area (Å²) in [5.74, 6) is -0.847. The number of halogens is 7. The minimum atomic E-state index is -2.37. The lowest BCUT2D eigenvalue weighted by Gasteiger charge is -2.17. The summed E-state index contributed by atoms with van der Waals surface area (Å²) in [5, 5.41) is -2.37. The van der Waals surface area contributed by atoms with Crippen LogP contribution in [0.3, 0.4) is 0 Å². The monoisotopic (exact) mass is 290 g/mol. The van der Waals surface area contributed by atoms with Crippen molar-refractivity contribution in [1.82, 2.24) is 0 Å². The quantitative estimate of drug-likeness (QED) is 0.633. The molecule has 0 fully saturated rings. The second-order valence-corrected chi connectivity index (χ2v) is 4.90. The molecule has 13 heavy (non-hydrogen) atoms. The molecule has 0 aromatic heterocycles. The molecule has 0 saturated carbocycles. The average molecular weight is 292 g/mol. The maximum atomic E-state index is 13.1. The Kier molecular flexibility index (Phi) is 6.29. The van der Waals surface area contributed by atoms with Crippen LogP contribution in [0.2, 0.25) is 0 Å². The van der Waals surface area contributed by atoms with Gasteiger partial charge in [-0.3, -0.25) is 0 Å². The van der Waals surface area contributed by atoms with Crippen molar-refractivity contribution < 1.29 is 8.78 Å². The third-order valence-electron chi connectivity index (χ3n) is 1.20.